The van der Waals surface area contributed by atoms with E-state index in [-0.39, 0.29) is 26.7 Å². The zero-order valence-electron chi connectivity index (χ0n) is 12.3. The van der Waals surface area contributed by atoms with Crippen molar-refractivity contribution in [3.63, 3.8) is 0 Å². The second kappa shape index (κ2) is 15.0. The van der Waals surface area contributed by atoms with Crippen molar-refractivity contribution in [2.45, 2.75) is 52.4 Å². The molecule has 0 radical (unpaired) electrons. The van der Waals surface area contributed by atoms with Gasteiger partial charge in [0, 0.05) is 0 Å². The van der Waals surface area contributed by atoms with Crippen molar-refractivity contribution in [3.8, 4) is 0 Å². The maximum Gasteiger partial charge on any atom is 0.397 e. The molecular weight excluding hydrogens is 344 g/mol. The fraction of sp³-hybridized carbons (Fsp3) is 1.00. The molecular formula is C10H26O8S3. The Bertz CT molecular complexity index is 364. The van der Waals surface area contributed by atoms with Crippen molar-refractivity contribution in [1.82, 2.24) is 0 Å². The fourth-order valence-corrected chi connectivity index (χ4v) is 1.69. The molecule has 0 heterocycles. The van der Waals surface area contributed by atoms with Crippen LogP contribution in [0, 0.1) is 0 Å². The monoisotopic (exact) mass is 370 g/mol. The number of unbranched alkanes of at least 4 members (excludes halogenated alkanes) is 4. The summed E-state index contributed by atoms with van der Waals surface area (Å²) in [4.78, 5) is 0. The van der Waals surface area contributed by atoms with Crippen molar-refractivity contribution < 1.29 is 34.3 Å². The first kappa shape index (κ1) is 26.0. The van der Waals surface area contributed by atoms with E-state index < -0.39 is 20.8 Å². The molecule has 11 heteroatoms. The predicted molar refractivity (Wildman–Crippen MR) is 84.4 cm³/mol. The summed E-state index contributed by atoms with van der Waals surface area (Å²) < 4.78 is 64.0. The lowest BCUT2D eigenvalue weighted by Crippen LogP contribution is -2.04. The number of rotatable bonds is 10. The fourth-order valence-electron chi connectivity index (χ4n) is 1.03. The van der Waals surface area contributed by atoms with E-state index in [9.17, 15) is 16.8 Å². The Hall–Kier alpha value is 0.0900. The van der Waals surface area contributed by atoms with Gasteiger partial charge in [0.15, 0.2) is 0 Å². The molecule has 0 aromatic rings. The van der Waals surface area contributed by atoms with Crippen LogP contribution in [0.25, 0.3) is 0 Å². The van der Waals surface area contributed by atoms with Crippen molar-refractivity contribution in [3.05, 3.63) is 0 Å². The van der Waals surface area contributed by atoms with Gasteiger partial charge in [0.1, 0.15) is 0 Å². The lowest BCUT2D eigenvalue weighted by molar-refractivity contribution is 0.261. The lowest BCUT2D eigenvalue weighted by atomic mass is 10.3. The van der Waals surface area contributed by atoms with Crippen LogP contribution in [0.1, 0.15) is 52.4 Å². The summed E-state index contributed by atoms with van der Waals surface area (Å²) in [7, 11) is -8.41. The SMILES string of the molecule is CCCCCOS(=O)(=O)O.CCCCCOS(=O)(=O)O.S. The largest absolute Gasteiger partial charge is 0.397 e. The molecule has 0 saturated heterocycles. The topological polar surface area (TPSA) is 127 Å². The van der Waals surface area contributed by atoms with E-state index in [2.05, 4.69) is 8.37 Å². The van der Waals surface area contributed by atoms with Crippen molar-refractivity contribution >= 4 is 34.3 Å². The Morgan fingerprint density at radius 2 is 1.00 bits per heavy atom. The molecule has 0 saturated carbocycles. The van der Waals surface area contributed by atoms with Crippen LogP contribution in [0.15, 0.2) is 0 Å². The average molecular weight is 371 g/mol. The third-order valence-corrected chi connectivity index (χ3v) is 2.89. The predicted octanol–water partition coefficient (Wildman–Crippen LogP) is 2.10. The molecule has 0 spiro atoms. The molecule has 0 unspecified atom stereocenters. The minimum absolute atomic E-state index is 0. The van der Waals surface area contributed by atoms with Gasteiger partial charge < -0.3 is 0 Å². The van der Waals surface area contributed by atoms with Crippen molar-refractivity contribution in [1.29, 1.82) is 0 Å². The lowest BCUT2D eigenvalue weighted by Gasteiger charge is -1.96. The molecule has 0 atom stereocenters. The van der Waals surface area contributed by atoms with E-state index >= 15 is 0 Å². The molecule has 0 amide bonds. The Kier molecular flexibility index (Phi) is 18.6. The highest BCUT2D eigenvalue weighted by atomic mass is 32.3. The maximum atomic E-state index is 9.93. The molecule has 0 aliphatic carbocycles. The Morgan fingerprint density at radius 1 is 0.714 bits per heavy atom. The summed E-state index contributed by atoms with van der Waals surface area (Å²) in [5.74, 6) is 0. The summed E-state index contributed by atoms with van der Waals surface area (Å²) in [6, 6.07) is 0. The Balaban J connectivity index is -0.000000295. The molecule has 8 nitrogen and oxygen atoms in total. The molecule has 21 heavy (non-hydrogen) atoms. The van der Waals surface area contributed by atoms with Gasteiger partial charge in [-0.3, -0.25) is 9.11 Å². The van der Waals surface area contributed by atoms with E-state index in [0.29, 0.717) is 12.8 Å². The van der Waals surface area contributed by atoms with Crippen LogP contribution < -0.4 is 0 Å². The first-order valence-electron chi connectivity index (χ1n) is 6.36. The van der Waals surface area contributed by atoms with E-state index in [1.807, 2.05) is 13.8 Å². The molecule has 132 valence electrons. The molecule has 2 N–H and O–H groups in total. The zero-order chi connectivity index (χ0) is 16.1. The first-order valence-corrected chi connectivity index (χ1v) is 9.09. The van der Waals surface area contributed by atoms with Crippen LogP contribution in [0.4, 0.5) is 0 Å². The zero-order valence-corrected chi connectivity index (χ0v) is 15.0. The van der Waals surface area contributed by atoms with Gasteiger partial charge in [-0.05, 0) is 12.8 Å². The summed E-state index contributed by atoms with van der Waals surface area (Å²) in [5, 5.41) is 0. The quantitative estimate of drug-likeness (QED) is 0.442. The summed E-state index contributed by atoms with van der Waals surface area (Å²) in [6.45, 7) is 4.14. The van der Waals surface area contributed by atoms with Crippen LogP contribution in [0.2, 0.25) is 0 Å². The smallest absolute Gasteiger partial charge is 0.264 e. The van der Waals surface area contributed by atoms with E-state index in [0.717, 1.165) is 25.7 Å². The summed E-state index contributed by atoms with van der Waals surface area (Å²) >= 11 is 0. The second-order valence-electron chi connectivity index (χ2n) is 3.91. The van der Waals surface area contributed by atoms with Gasteiger partial charge in [-0.15, -0.1) is 0 Å². The second-order valence-corrected chi connectivity index (χ2v) is 6.10. The van der Waals surface area contributed by atoms with Crippen molar-refractivity contribution in [2.75, 3.05) is 13.2 Å². The Labute approximate surface area is 134 Å². The van der Waals surface area contributed by atoms with Gasteiger partial charge in [-0.2, -0.15) is 30.3 Å². The summed E-state index contributed by atoms with van der Waals surface area (Å²) in [6.07, 6.45) is 5.14. The minimum Gasteiger partial charge on any atom is -0.264 e. The Morgan fingerprint density at radius 3 is 1.19 bits per heavy atom. The van der Waals surface area contributed by atoms with Crippen LogP contribution in [0.3, 0.4) is 0 Å². The molecule has 0 aliphatic rings. The number of hydrogen-bond acceptors (Lipinski definition) is 6. The van der Waals surface area contributed by atoms with Gasteiger partial charge in [0.05, 0.1) is 13.2 Å². The standard InChI is InChI=1S/2C5H12O4S.H2S/c2*1-2-3-4-5-9-10(6,7)8;/h2*2-5H2,1H3,(H,6,7,8);1H2. The normalized spacial score (nSPS) is 11.2. The highest BCUT2D eigenvalue weighted by Crippen LogP contribution is 1.96. The molecule has 0 rings (SSSR count). The van der Waals surface area contributed by atoms with Crippen molar-refractivity contribution in [2.24, 2.45) is 0 Å². The molecule has 0 aliphatic heterocycles. The minimum atomic E-state index is -4.20. The number of hydrogen-bond donors (Lipinski definition) is 2. The first-order chi connectivity index (χ1) is 9.12. The average Bonchev–Trinajstić information content (AvgIpc) is 2.29. The summed E-state index contributed by atoms with van der Waals surface area (Å²) in [5.41, 5.74) is 0. The van der Waals surface area contributed by atoms with Gasteiger partial charge >= 0.3 is 20.8 Å². The van der Waals surface area contributed by atoms with Gasteiger partial charge in [0.2, 0.25) is 0 Å². The molecule has 0 aromatic carbocycles. The van der Waals surface area contributed by atoms with Gasteiger partial charge in [-0.25, -0.2) is 8.37 Å². The van der Waals surface area contributed by atoms with E-state index in [1.54, 1.807) is 0 Å². The van der Waals surface area contributed by atoms with Gasteiger partial charge in [-0.1, -0.05) is 39.5 Å². The van der Waals surface area contributed by atoms with E-state index in [4.69, 9.17) is 9.11 Å². The van der Waals surface area contributed by atoms with Crippen LogP contribution >= 0.6 is 13.5 Å². The van der Waals surface area contributed by atoms with E-state index in [1.165, 1.54) is 0 Å². The third kappa shape index (κ3) is 33.1. The molecule has 0 aromatic heterocycles. The maximum absolute atomic E-state index is 9.93. The highest BCUT2D eigenvalue weighted by molar-refractivity contribution is 7.81. The van der Waals surface area contributed by atoms with Gasteiger partial charge in [0.25, 0.3) is 0 Å². The van der Waals surface area contributed by atoms with Crippen LogP contribution in [-0.4, -0.2) is 39.2 Å². The molecule has 0 bridgehead atoms. The highest BCUT2D eigenvalue weighted by Gasteiger charge is 2.02. The third-order valence-electron chi connectivity index (χ3n) is 1.96. The van der Waals surface area contributed by atoms with Crippen LogP contribution in [0.5, 0.6) is 0 Å². The molecule has 0 fully saturated rings. The van der Waals surface area contributed by atoms with Crippen LogP contribution in [-0.2, 0) is 29.2 Å².